The molecule has 16 heavy (non-hydrogen) atoms. The Kier molecular flexibility index (Phi) is 3.13. The fourth-order valence-corrected chi connectivity index (χ4v) is 2.18. The van der Waals surface area contributed by atoms with E-state index in [1.54, 1.807) is 19.0 Å². The minimum absolute atomic E-state index is 0.0123. The summed E-state index contributed by atoms with van der Waals surface area (Å²) in [4.78, 5) is 13.2. The number of urea groups is 1. The standard InChI is InChI=1S/C13H18N2O/c1-15(2)13(16)14-12-9-5-7-10-6-3-4-8-11(10)12/h3-4,6,8,12H,5,7,9H2,1-2H3,(H,14,16)/t12-/m1/s1. The highest BCUT2D eigenvalue weighted by atomic mass is 16.2. The Morgan fingerprint density at radius 2 is 2.12 bits per heavy atom. The van der Waals surface area contributed by atoms with Crippen LogP contribution in [-0.4, -0.2) is 25.0 Å². The van der Waals surface area contributed by atoms with Crippen molar-refractivity contribution in [3.8, 4) is 0 Å². The molecule has 2 rings (SSSR count). The molecule has 0 aliphatic heterocycles. The number of nitrogens with one attached hydrogen (secondary N) is 1. The van der Waals surface area contributed by atoms with Crippen LogP contribution in [0.3, 0.4) is 0 Å². The minimum atomic E-state index is -0.0123. The summed E-state index contributed by atoms with van der Waals surface area (Å²) >= 11 is 0. The van der Waals surface area contributed by atoms with Crippen molar-refractivity contribution in [2.75, 3.05) is 14.1 Å². The number of nitrogens with zero attached hydrogens (tertiary/aromatic N) is 1. The van der Waals surface area contributed by atoms with Gasteiger partial charge in [-0.25, -0.2) is 4.79 Å². The van der Waals surface area contributed by atoms with E-state index in [9.17, 15) is 4.79 Å². The largest absolute Gasteiger partial charge is 0.331 e. The fourth-order valence-electron chi connectivity index (χ4n) is 2.18. The van der Waals surface area contributed by atoms with Gasteiger partial charge in [-0.05, 0) is 30.4 Å². The first-order valence-corrected chi connectivity index (χ1v) is 5.74. The van der Waals surface area contributed by atoms with Crippen LogP contribution >= 0.6 is 0 Å². The van der Waals surface area contributed by atoms with Crippen LogP contribution in [0.2, 0.25) is 0 Å². The lowest BCUT2D eigenvalue weighted by atomic mass is 9.88. The first-order valence-electron chi connectivity index (χ1n) is 5.74. The van der Waals surface area contributed by atoms with Gasteiger partial charge in [0, 0.05) is 14.1 Å². The summed E-state index contributed by atoms with van der Waals surface area (Å²) in [6.45, 7) is 0. The number of rotatable bonds is 1. The number of benzene rings is 1. The second-order valence-electron chi connectivity index (χ2n) is 4.49. The van der Waals surface area contributed by atoms with Gasteiger partial charge >= 0.3 is 6.03 Å². The zero-order chi connectivity index (χ0) is 11.5. The van der Waals surface area contributed by atoms with Gasteiger partial charge in [-0.3, -0.25) is 0 Å². The Bertz CT molecular complexity index is 387. The van der Waals surface area contributed by atoms with E-state index in [0.717, 1.165) is 19.3 Å². The molecule has 86 valence electrons. The summed E-state index contributed by atoms with van der Waals surface area (Å²) in [5.41, 5.74) is 2.65. The van der Waals surface area contributed by atoms with Gasteiger partial charge in [0.15, 0.2) is 0 Å². The van der Waals surface area contributed by atoms with E-state index < -0.39 is 0 Å². The van der Waals surface area contributed by atoms with Gasteiger partial charge in [-0.15, -0.1) is 0 Å². The van der Waals surface area contributed by atoms with Crippen molar-refractivity contribution >= 4 is 6.03 Å². The number of fused-ring (bicyclic) bond motifs is 1. The molecule has 0 spiro atoms. The molecule has 1 aliphatic carbocycles. The van der Waals surface area contributed by atoms with Crippen molar-refractivity contribution in [2.24, 2.45) is 0 Å². The maximum atomic E-state index is 11.6. The van der Waals surface area contributed by atoms with Crippen LogP contribution in [0, 0.1) is 0 Å². The van der Waals surface area contributed by atoms with Gasteiger partial charge in [-0.2, -0.15) is 0 Å². The molecule has 1 aromatic rings. The summed E-state index contributed by atoms with van der Waals surface area (Å²) in [6, 6.07) is 8.55. The third-order valence-electron chi connectivity index (χ3n) is 3.07. The quantitative estimate of drug-likeness (QED) is 0.771. The summed E-state index contributed by atoms with van der Waals surface area (Å²) in [5.74, 6) is 0. The van der Waals surface area contributed by atoms with Crippen LogP contribution in [0.1, 0.15) is 30.0 Å². The molecule has 1 aromatic carbocycles. The molecule has 0 aromatic heterocycles. The van der Waals surface area contributed by atoms with Crippen molar-refractivity contribution in [1.29, 1.82) is 0 Å². The van der Waals surface area contributed by atoms with E-state index in [2.05, 4.69) is 23.5 Å². The zero-order valence-electron chi connectivity index (χ0n) is 9.86. The van der Waals surface area contributed by atoms with E-state index in [-0.39, 0.29) is 12.1 Å². The van der Waals surface area contributed by atoms with Crippen LogP contribution in [0.4, 0.5) is 4.79 Å². The van der Waals surface area contributed by atoms with Gasteiger partial charge in [0.25, 0.3) is 0 Å². The predicted octanol–water partition coefficient (Wildman–Crippen LogP) is 2.34. The molecule has 0 fully saturated rings. The Morgan fingerprint density at radius 1 is 1.38 bits per heavy atom. The molecule has 3 nitrogen and oxygen atoms in total. The van der Waals surface area contributed by atoms with Crippen LogP contribution in [0.25, 0.3) is 0 Å². The average molecular weight is 218 g/mol. The maximum absolute atomic E-state index is 11.6. The molecule has 0 bridgehead atoms. The Labute approximate surface area is 96.5 Å². The van der Waals surface area contributed by atoms with Gasteiger partial charge in [0.05, 0.1) is 6.04 Å². The summed E-state index contributed by atoms with van der Waals surface area (Å²) in [6.07, 6.45) is 3.32. The molecule has 0 radical (unpaired) electrons. The SMILES string of the molecule is CN(C)C(=O)N[C@@H]1CCCc2ccccc21. The molecule has 0 saturated carbocycles. The Hall–Kier alpha value is -1.51. The van der Waals surface area contributed by atoms with Gasteiger partial charge in [-0.1, -0.05) is 24.3 Å². The van der Waals surface area contributed by atoms with Crippen molar-refractivity contribution in [2.45, 2.75) is 25.3 Å². The highest BCUT2D eigenvalue weighted by molar-refractivity contribution is 5.74. The average Bonchev–Trinajstić information content (AvgIpc) is 2.29. The number of amides is 2. The van der Waals surface area contributed by atoms with E-state index in [0.29, 0.717) is 0 Å². The monoisotopic (exact) mass is 218 g/mol. The van der Waals surface area contributed by atoms with Crippen molar-refractivity contribution in [3.63, 3.8) is 0 Å². The fraction of sp³-hybridized carbons (Fsp3) is 0.462. The summed E-state index contributed by atoms with van der Waals surface area (Å²) in [7, 11) is 3.54. The molecule has 1 N–H and O–H groups in total. The number of hydrogen-bond acceptors (Lipinski definition) is 1. The molecule has 1 aliphatic rings. The van der Waals surface area contributed by atoms with Crippen LogP contribution in [0.15, 0.2) is 24.3 Å². The van der Waals surface area contributed by atoms with E-state index in [4.69, 9.17) is 0 Å². The lowest BCUT2D eigenvalue weighted by Gasteiger charge is -2.27. The molecule has 0 saturated heterocycles. The molecular weight excluding hydrogens is 200 g/mol. The third kappa shape index (κ3) is 2.18. The molecule has 0 unspecified atom stereocenters. The smallest absolute Gasteiger partial charge is 0.317 e. The lowest BCUT2D eigenvalue weighted by Crippen LogP contribution is -2.38. The van der Waals surface area contributed by atoms with Crippen molar-refractivity contribution in [1.82, 2.24) is 10.2 Å². The normalized spacial score (nSPS) is 18.8. The second-order valence-corrected chi connectivity index (χ2v) is 4.49. The van der Waals surface area contributed by atoms with Gasteiger partial charge < -0.3 is 10.2 Å². The maximum Gasteiger partial charge on any atom is 0.317 e. The van der Waals surface area contributed by atoms with Gasteiger partial charge in [0.2, 0.25) is 0 Å². The minimum Gasteiger partial charge on any atom is -0.331 e. The summed E-state index contributed by atoms with van der Waals surface area (Å²) in [5, 5.41) is 3.06. The highest BCUT2D eigenvalue weighted by Crippen LogP contribution is 2.29. The molecule has 2 amide bonds. The molecule has 3 heteroatoms. The molecular formula is C13H18N2O. The zero-order valence-corrected chi connectivity index (χ0v) is 9.86. The first kappa shape index (κ1) is 11.0. The Balaban J connectivity index is 2.16. The van der Waals surface area contributed by atoms with E-state index in [1.807, 2.05) is 6.07 Å². The Morgan fingerprint density at radius 3 is 2.88 bits per heavy atom. The van der Waals surface area contributed by atoms with E-state index in [1.165, 1.54) is 11.1 Å². The highest BCUT2D eigenvalue weighted by Gasteiger charge is 2.21. The topological polar surface area (TPSA) is 32.3 Å². The van der Waals surface area contributed by atoms with Crippen molar-refractivity contribution < 1.29 is 4.79 Å². The third-order valence-corrected chi connectivity index (χ3v) is 3.07. The number of hydrogen-bond donors (Lipinski definition) is 1. The lowest BCUT2D eigenvalue weighted by molar-refractivity contribution is 0.211. The predicted molar refractivity (Wildman–Crippen MR) is 64.3 cm³/mol. The number of carbonyl (C=O) groups excluding carboxylic acids is 1. The first-order chi connectivity index (χ1) is 7.68. The van der Waals surface area contributed by atoms with Gasteiger partial charge in [0.1, 0.15) is 0 Å². The molecule has 0 heterocycles. The second kappa shape index (κ2) is 4.56. The van der Waals surface area contributed by atoms with Crippen LogP contribution in [0.5, 0.6) is 0 Å². The summed E-state index contributed by atoms with van der Waals surface area (Å²) < 4.78 is 0. The van der Waals surface area contributed by atoms with Crippen LogP contribution in [-0.2, 0) is 6.42 Å². The molecule has 1 atom stereocenters. The van der Waals surface area contributed by atoms with Crippen molar-refractivity contribution in [3.05, 3.63) is 35.4 Å². The van der Waals surface area contributed by atoms with Crippen LogP contribution < -0.4 is 5.32 Å². The number of carbonyl (C=O) groups is 1. The number of aryl methyl sites for hydroxylation is 1. The van der Waals surface area contributed by atoms with E-state index >= 15 is 0 Å².